The van der Waals surface area contributed by atoms with Crippen LogP contribution in [0.2, 0.25) is 0 Å². The molecule has 2 aromatic rings. The molecule has 1 heterocycles. The van der Waals surface area contributed by atoms with Gasteiger partial charge in [0.1, 0.15) is 5.75 Å². The van der Waals surface area contributed by atoms with E-state index < -0.39 is 17.4 Å². The largest absolute Gasteiger partial charge is 0.508 e. The molecule has 2 rings (SSSR count). The van der Waals surface area contributed by atoms with Crippen LogP contribution in [0.15, 0.2) is 23.0 Å². The van der Waals surface area contributed by atoms with Gasteiger partial charge in [0, 0.05) is 51.9 Å². The Morgan fingerprint density at radius 1 is 1.32 bits per heavy atom. The minimum atomic E-state index is -0.944. The Morgan fingerprint density at radius 3 is 2.37 bits per heavy atom. The molecule has 0 unspecified atom stereocenters. The summed E-state index contributed by atoms with van der Waals surface area (Å²) in [5.74, 6) is -2.40. The third kappa shape index (κ3) is 3.22. The molecule has 0 aliphatic carbocycles. The van der Waals surface area contributed by atoms with Gasteiger partial charge in [0.2, 0.25) is 5.56 Å². The van der Waals surface area contributed by atoms with Gasteiger partial charge >= 0.3 is 0 Å². The van der Waals surface area contributed by atoms with E-state index in [0.717, 1.165) is 16.7 Å². The fourth-order valence-electron chi connectivity index (χ4n) is 1.58. The van der Waals surface area contributed by atoms with Crippen molar-refractivity contribution in [2.45, 2.75) is 0 Å². The Morgan fingerprint density at radius 2 is 1.84 bits per heavy atom. The minimum absolute atomic E-state index is 0. The Balaban J connectivity index is 0.00000180. The maximum atomic E-state index is 13.7. The summed E-state index contributed by atoms with van der Waals surface area (Å²) < 4.78 is 28.9. The van der Waals surface area contributed by atoms with Crippen molar-refractivity contribution in [3.05, 3.63) is 49.8 Å². The van der Waals surface area contributed by atoms with Gasteiger partial charge < -0.3 is 9.67 Å². The number of halogens is 3. The third-order valence-electron chi connectivity index (χ3n) is 2.44. The number of hydrogen-bond acceptors (Lipinski definition) is 2. The van der Waals surface area contributed by atoms with Crippen molar-refractivity contribution in [1.29, 1.82) is 0 Å². The normalized spacial score (nSPS) is 10.1. The molecule has 19 heavy (non-hydrogen) atoms. The van der Waals surface area contributed by atoms with Crippen molar-refractivity contribution in [3.8, 4) is 17.0 Å². The first-order valence-electron chi connectivity index (χ1n) is 4.87. The van der Waals surface area contributed by atoms with E-state index in [1.165, 1.54) is 13.1 Å². The van der Waals surface area contributed by atoms with Crippen LogP contribution < -0.4 is 5.56 Å². The van der Waals surface area contributed by atoms with Crippen LogP contribution in [0, 0.1) is 21.3 Å². The van der Waals surface area contributed by atoms with Crippen LogP contribution in [0.4, 0.5) is 8.78 Å². The molecule has 0 aliphatic rings. The van der Waals surface area contributed by atoms with Gasteiger partial charge in [0.05, 0.1) is 11.6 Å². The maximum absolute atomic E-state index is 13.7. The number of aromatic nitrogens is 1. The zero-order valence-corrected chi connectivity index (χ0v) is 14.7. The van der Waals surface area contributed by atoms with Gasteiger partial charge in [-0.25, -0.2) is 8.78 Å². The average molecular weight is 451 g/mol. The van der Waals surface area contributed by atoms with E-state index in [1.54, 1.807) is 0 Å². The molecule has 3 nitrogen and oxygen atoms in total. The second-order valence-electron chi connectivity index (χ2n) is 3.63. The van der Waals surface area contributed by atoms with Gasteiger partial charge in [0.15, 0.2) is 0 Å². The molecular formula is C12H7F2INO2Y-. The van der Waals surface area contributed by atoms with Crippen molar-refractivity contribution in [2.75, 3.05) is 0 Å². The van der Waals surface area contributed by atoms with E-state index in [2.05, 4.69) is 6.07 Å². The summed E-state index contributed by atoms with van der Waals surface area (Å²) in [6.45, 7) is 0. The van der Waals surface area contributed by atoms with Gasteiger partial charge in [0.25, 0.3) is 0 Å². The van der Waals surface area contributed by atoms with Crippen molar-refractivity contribution in [1.82, 2.24) is 4.57 Å². The third-order valence-corrected chi connectivity index (χ3v) is 3.22. The first-order valence-corrected chi connectivity index (χ1v) is 5.95. The number of nitrogens with zero attached hydrogens (tertiary/aromatic N) is 1. The summed E-state index contributed by atoms with van der Waals surface area (Å²) in [7, 11) is 1.40. The molecule has 1 N–H and O–H groups in total. The molecule has 1 aromatic heterocycles. The average Bonchev–Trinajstić information content (AvgIpc) is 2.28. The zero-order chi connectivity index (χ0) is 13.4. The monoisotopic (exact) mass is 451 g/mol. The molecule has 0 spiro atoms. The second kappa shape index (κ2) is 6.41. The van der Waals surface area contributed by atoms with E-state index >= 15 is 0 Å². The molecule has 0 amide bonds. The summed E-state index contributed by atoms with van der Waals surface area (Å²) in [5.41, 5.74) is -0.754. The van der Waals surface area contributed by atoms with Gasteiger partial charge in [-0.15, -0.1) is 22.6 Å². The molecule has 1 radical (unpaired) electrons. The van der Waals surface area contributed by atoms with Crippen molar-refractivity contribution in [3.63, 3.8) is 0 Å². The van der Waals surface area contributed by atoms with Crippen LogP contribution in [-0.4, -0.2) is 9.67 Å². The summed E-state index contributed by atoms with van der Waals surface area (Å²) in [5, 5.41) is 9.07. The van der Waals surface area contributed by atoms with Crippen LogP contribution in [0.25, 0.3) is 11.3 Å². The summed E-state index contributed by atoms with van der Waals surface area (Å²) in [6.07, 6.45) is 0. The smallest absolute Gasteiger partial charge is 0.207 e. The molecule has 1 aromatic carbocycles. The van der Waals surface area contributed by atoms with Gasteiger partial charge in [-0.2, -0.15) is 12.1 Å². The predicted octanol–water partition coefficient (Wildman–Crippen LogP) is 2.44. The second-order valence-corrected chi connectivity index (χ2v) is 4.80. The summed E-state index contributed by atoms with van der Waals surface area (Å²) >= 11 is 1.82. The number of phenolic OH excluding ortho intramolecular Hbond substituents is 1. The summed E-state index contributed by atoms with van der Waals surface area (Å²) in [6, 6.07) is 5.59. The van der Waals surface area contributed by atoms with Crippen LogP contribution in [-0.2, 0) is 39.8 Å². The number of aromatic hydroxyl groups is 1. The quantitative estimate of drug-likeness (QED) is 0.535. The van der Waals surface area contributed by atoms with Gasteiger partial charge in [-0.3, -0.25) is 4.79 Å². The van der Waals surface area contributed by atoms with Crippen LogP contribution in [0.5, 0.6) is 5.75 Å². The number of phenols is 1. The van der Waals surface area contributed by atoms with Crippen LogP contribution >= 0.6 is 22.6 Å². The molecular weight excluding hydrogens is 444 g/mol. The summed E-state index contributed by atoms with van der Waals surface area (Å²) in [4.78, 5) is 11.7. The Bertz CT molecular complexity index is 665. The number of pyridine rings is 1. The first kappa shape index (κ1) is 16.7. The zero-order valence-electron chi connectivity index (χ0n) is 9.75. The standard InChI is InChI=1S/C12H7F2INO2.Y/c1-16-10(3-2-9(15)12(16)18)11-7(13)4-6(17)5-8(11)14;/h2,4-5,17H,1H3;/q-1;. The molecule has 0 fully saturated rings. The molecule has 0 bridgehead atoms. The molecule has 0 aliphatic heterocycles. The fourth-order valence-corrected chi connectivity index (χ4v) is 2.10. The van der Waals surface area contributed by atoms with E-state index in [0.29, 0.717) is 3.57 Å². The van der Waals surface area contributed by atoms with Crippen LogP contribution in [0.3, 0.4) is 0 Å². The topological polar surface area (TPSA) is 42.2 Å². The number of rotatable bonds is 1. The Kier molecular flexibility index (Phi) is 5.64. The number of hydrogen-bond donors (Lipinski definition) is 1. The Hall–Kier alpha value is -0.336. The fraction of sp³-hybridized carbons (Fsp3) is 0.0833. The van der Waals surface area contributed by atoms with Gasteiger partial charge in [-0.1, -0.05) is 5.69 Å². The van der Waals surface area contributed by atoms with Crippen LogP contribution in [0.1, 0.15) is 0 Å². The van der Waals surface area contributed by atoms with E-state index in [1.807, 2.05) is 22.6 Å². The molecule has 97 valence electrons. The predicted molar refractivity (Wildman–Crippen MR) is 70.3 cm³/mol. The molecule has 0 saturated carbocycles. The van der Waals surface area contributed by atoms with Gasteiger partial charge in [-0.05, 0) is 9.13 Å². The van der Waals surface area contributed by atoms with E-state index in [4.69, 9.17) is 5.11 Å². The van der Waals surface area contributed by atoms with Crippen molar-refractivity contribution >= 4 is 22.6 Å². The maximum Gasteiger partial charge on any atom is 0.207 e. The molecule has 7 heteroatoms. The first-order chi connectivity index (χ1) is 8.41. The van der Waals surface area contributed by atoms with Crippen molar-refractivity contribution in [2.24, 2.45) is 7.05 Å². The molecule has 0 saturated heterocycles. The Labute approximate surface area is 146 Å². The molecule has 0 atom stereocenters. The number of benzene rings is 1. The SMILES string of the molecule is Cn1c(-c2c(F)cc(O)cc2F)[c-]cc(I)c1=O.[Y]. The van der Waals surface area contributed by atoms with E-state index in [9.17, 15) is 13.6 Å². The van der Waals surface area contributed by atoms with Crippen molar-refractivity contribution < 1.29 is 46.6 Å². The van der Waals surface area contributed by atoms with E-state index in [-0.39, 0.29) is 49.5 Å². The minimum Gasteiger partial charge on any atom is -0.508 e.